The van der Waals surface area contributed by atoms with Crippen molar-refractivity contribution < 1.29 is 14.8 Å². The second-order valence-corrected chi connectivity index (χ2v) is 4.12. The molecule has 8 heteroatoms. The van der Waals surface area contributed by atoms with E-state index in [2.05, 4.69) is 5.32 Å². The lowest BCUT2D eigenvalue weighted by molar-refractivity contribution is -0.383. The van der Waals surface area contributed by atoms with Crippen LogP contribution >= 0.6 is 23.2 Å². The average molecular weight is 295 g/mol. The van der Waals surface area contributed by atoms with Crippen molar-refractivity contribution in [2.45, 2.75) is 0 Å². The number of nitrogens with one attached hydrogen (secondary N) is 1. The molecule has 0 aliphatic carbocycles. The molecule has 1 rings (SSSR count). The maximum atomic E-state index is 10.8. The molecule has 6 nitrogen and oxygen atoms in total. The molecule has 0 atom stereocenters. The van der Waals surface area contributed by atoms with Crippen molar-refractivity contribution in [1.29, 1.82) is 0 Å². The maximum absolute atomic E-state index is 10.8. The van der Waals surface area contributed by atoms with E-state index >= 15 is 0 Å². The maximum Gasteiger partial charge on any atom is 0.293 e. The van der Waals surface area contributed by atoms with Crippen LogP contribution in [0.25, 0.3) is 0 Å². The van der Waals surface area contributed by atoms with Crippen LogP contribution in [0.2, 0.25) is 10.0 Å². The minimum atomic E-state index is -0.543. The van der Waals surface area contributed by atoms with Crippen molar-refractivity contribution in [3.63, 3.8) is 0 Å². The zero-order chi connectivity index (χ0) is 13.5. The Hall–Kier alpha value is -1.08. The number of nitro groups is 1. The van der Waals surface area contributed by atoms with Gasteiger partial charge in [0.25, 0.3) is 5.69 Å². The molecule has 0 saturated heterocycles. The van der Waals surface area contributed by atoms with Crippen molar-refractivity contribution in [3.05, 3.63) is 32.3 Å². The SMILES string of the molecule is O=[N+]([O-])c1cc(Cl)c(Cl)cc1NCCOCCO. The summed E-state index contributed by atoms with van der Waals surface area (Å²) in [5, 5.41) is 22.5. The molecular formula is C10H12Cl2N2O4. The van der Waals surface area contributed by atoms with Gasteiger partial charge in [0.1, 0.15) is 5.69 Å². The minimum absolute atomic E-state index is 0.0626. The number of aliphatic hydroxyl groups excluding tert-OH is 1. The van der Waals surface area contributed by atoms with Crippen LogP contribution in [0.5, 0.6) is 0 Å². The fourth-order valence-corrected chi connectivity index (χ4v) is 1.58. The molecule has 0 fully saturated rings. The lowest BCUT2D eigenvalue weighted by Crippen LogP contribution is -2.12. The van der Waals surface area contributed by atoms with E-state index in [1.165, 1.54) is 12.1 Å². The van der Waals surface area contributed by atoms with E-state index < -0.39 is 4.92 Å². The number of aliphatic hydroxyl groups is 1. The lowest BCUT2D eigenvalue weighted by atomic mass is 10.2. The molecule has 2 N–H and O–H groups in total. The number of nitro benzene ring substituents is 1. The third kappa shape index (κ3) is 4.30. The van der Waals surface area contributed by atoms with Gasteiger partial charge in [-0.05, 0) is 6.07 Å². The molecule has 0 unspecified atom stereocenters. The topological polar surface area (TPSA) is 84.6 Å². The number of rotatable bonds is 7. The number of hydrogen-bond donors (Lipinski definition) is 2. The normalized spacial score (nSPS) is 10.4. The molecule has 1 aromatic carbocycles. The summed E-state index contributed by atoms with van der Waals surface area (Å²) >= 11 is 11.5. The number of ether oxygens (including phenoxy) is 1. The van der Waals surface area contributed by atoms with Crippen molar-refractivity contribution in [3.8, 4) is 0 Å². The average Bonchev–Trinajstić information content (AvgIpc) is 2.32. The van der Waals surface area contributed by atoms with Gasteiger partial charge < -0.3 is 15.2 Å². The fourth-order valence-electron chi connectivity index (χ4n) is 1.25. The Bertz CT molecular complexity index is 429. The van der Waals surface area contributed by atoms with E-state index in [-0.39, 0.29) is 34.6 Å². The third-order valence-corrected chi connectivity index (χ3v) is 2.75. The van der Waals surface area contributed by atoms with E-state index in [1.807, 2.05) is 0 Å². The van der Waals surface area contributed by atoms with Gasteiger partial charge in [0, 0.05) is 12.6 Å². The van der Waals surface area contributed by atoms with Crippen molar-refractivity contribution in [2.75, 3.05) is 31.7 Å². The molecule has 100 valence electrons. The molecule has 1 aromatic rings. The number of hydrogen-bond acceptors (Lipinski definition) is 5. The van der Waals surface area contributed by atoms with Crippen LogP contribution in [-0.4, -0.2) is 36.4 Å². The first-order valence-corrected chi connectivity index (χ1v) is 5.87. The van der Waals surface area contributed by atoms with Gasteiger partial charge in [0.05, 0.1) is 34.8 Å². The van der Waals surface area contributed by atoms with E-state index in [1.54, 1.807) is 0 Å². The molecule has 0 spiro atoms. The van der Waals surface area contributed by atoms with Gasteiger partial charge in [0.15, 0.2) is 0 Å². The fraction of sp³-hybridized carbons (Fsp3) is 0.400. The van der Waals surface area contributed by atoms with Gasteiger partial charge >= 0.3 is 0 Å². The highest BCUT2D eigenvalue weighted by Gasteiger charge is 2.16. The summed E-state index contributed by atoms with van der Waals surface area (Å²) in [5.74, 6) is 0. The van der Waals surface area contributed by atoms with Crippen molar-refractivity contribution in [1.82, 2.24) is 0 Å². The van der Waals surface area contributed by atoms with Gasteiger partial charge in [-0.3, -0.25) is 10.1 Å². The Morgan fingerprint density at radius 3 is 2.61 bits per heavy atom. The summed E-state index contributed by atoms with van der Waals surface area (Å²) in [5.41, 5.74) is 0.133. The van der Waals surface area contributed by atoms with E-state index in [9.17, 15) is 10.1 Å². The van der Waals surface area contributed by atoms with Crippen LogP contribution in [0.3, 0.4) is 0 Å². The van der Waals surface area contributed by atoms with Crippen LogP contribution in [0.4, 0.5) is 11.4 Å². The molecule has 18 heavy (non-hydrogen) atoms. The Kier molecular flexibility index (Phi) is 6.14. The van der Waals surface area contributed by atoms with Crippen molar-refractivity contribution >= 4 is 34.6 Å². The van der Waals surface area contributed by atoms with Gasteiger partial charge in [0.2, 0.25) is 0 Å². The summed E-state index contributed by atoms with van der Waals surface area (Å²) in [7, 11) is 0. The lowest BCUT2D eigenvalue weighted by Gasteiger charge is -2.08. The number of halogens is 2. The standard InChI is InChI=1S/C10H12Cl2N2O4/c11-7-5-9(13-1-3-18-4-2-15)10(14(16)17)6-8(7)12/h5-6,13,15H,1-4H2. The number of nitrogens with zero attached hydrogens (tertiary/aromatic N) is 1. The Morgan fingerprint density at radius 2 is 2.00 bits per heavy atom. The number of benzene rings is 1. The van der Waals surface area contributed by atoms with Gasteiger partial charge in [-0.15, -0.1) is 0 Å². The van der Waals surface area contributed by atoms with Crippen LogP contribution < -0.4 is 5.32 Å². The second kappa shape index (κ2) is 7.38. The van der Waals surface area contributed by atoms with E-state index in [4.69, 9.17) is 33.0 Å². The summed E-state index contributed by atoms with van der Waals surface area (Å²) < 4.78 is 5.02. The molecule has 0 heterocycles. The van der Waals surface area contributed by atoms with Crippen molar-refractivity contribution in [2.24, 2.45) is 0 Å². The molecule has 0 amide bonds. The quantitative estimate of drug-likeness (QED) is 0.458. The molecule has 0 aliphatic rings. The monoisotopic (exact) mass is 294 g/mol. The van der Waals surface area contributed by atoms with Gasteiger partial charge in [-0.2, -0.15) is 0 Å². The predicted octanol–water partition coefficient (Wildman–Crippen LogP) is 2.32. The van der Waals surface area contributed by atoms with Crippen LogP contribution in [0, 0.1) is 10.1 Å². The summed E-state index contributed by atoms with van der Waals surface area (Å²) in [4.78, 5) is 10.3. The smallest absolute Gasteiger partial charge is 0.293 e. The van der Waals surface area contributed by atoms with E-state index in [0.717, 1.165) is 0 Å². The summed E-state index contributed by atoms with van der Waals surface area (Å²) in [6.45, 7) is 0.842. The largest absolute Gasteiger partial charge is 0.394 e. The first-order chi connectivity index (χ1) is 8.56. The third-order valence-electron chi connectivity index (χ3n) is 2.03. The summed E-state index contributed by atoms with van der Waals surface area (Å²) in [6, 6.07) is 2.59. The van der Waals surface area contributed by atoms with Gasteiger partial charge in [-0.1, -0.05) is 23.2 Å². The van der Waals surface area contributed by atoms with Crippen LogP contribution in [-0.2, 0) is 4.74 Å². The van der Waals surface area contributed by atoms with E-state index in [0.29, 0.717) is 13.2 Å². The Balaban J connectivity index is 2.68. The highest BCUT2D eigenvalue weighted by atomic mass is 35.5. The predicted molar refractivity (Wildman–Crippen MR) is 69.5 cm³/mol. The molecular weight excluding hydrogens is 283 g/mol. The summed E-state index contributed by atoms with van der Waals surface area (Å²) in [6.07, 6.45) is 0. The molecule has 0 aliphatic heterocycles. The minimum Gasteiger partial charge on any atom is -0.394 e. The molecule has 0 radical (unpaired) electrons. The zero-order valence-corrected chi connectivity index (χ0v) is 10.9. The Morgan fingerprint density at radius 1 is 1.33 bits per heavy atom. The molecule has 0 bridgehead atoms. The van der Waals surface area contributed by atoms with Crippen LogP contribution in [0.15, 0.2) is 12.1 Å². The molecule has 0 aromatic heterocycles. The van der Waals surface area contributed by atoms with Crippen LogP contribution in [0.1, 0.15) is 0 Å². The zero-order valence-electron chi connectivity index (χ0n) is 9.36. The second-order valence-electron chi connectivity index (χ2n) is 3.30. The first-order valence-electron chi connectivity index (χ1n) is 5.12. The highest BCUT2D eigenvalue weighted by Crippen LogP contribution is 2.33. The number of anilines is 1. The molecule has 0 saturated carbocycles. The first kappa shape index (κ1) is 15.0. The Labute approximate surface area is 114 Å². The highest BCUT2D eigenvalue weighted by molar-refractivity contribution is 6.42. The van der Waals surface area contributed by atoms with Gasteiger partial charge in [-0.25, -0.2) is 0 Å².